The third kappa shape index (κ3) is 3.69. The van der Waals surface area contributed by atoms with E-state index < -0.39 is 11.0 Å². The third-order valence-corrected chi connectivity index (χ3v) is 6.93. The minimum absolute atomic E-state index is 0.00512. The molecule has 3 aromatic carbocycles. The van der Waals surface area contributed by atoms with E-state index in [0.717, 1.165) is 28.4 Å². The molecule has 1 aliphatic carbocycles. The van der Waals surface area contributed by atoms with E-state index in [1.807, 2.05) is 48.5 Å². The van der Waals surface area contributed by atoms with E-state index in [4.69, 9.17) is 14.2 Å². The Bertz CT molecular complexity index is 1420. The summed E-state index contributed by atoms with van der Waals surface area (Å²) in [5, 5.41) is 18.9. The van der Waals surface area contributed by atoms with Gasteiger partial charge < -0.3 is 24.8 Å². The molecule has 0 saturated carbocycles. The van der Waals surface area contributed by atoms with Crippen LogP contribution in [-0.2, 0) is 4.79 Å². The van der Waals surface area contributed by atoms with E-state index in [1.165, 1.54) is 6.07 Å². The Balaban J connectivity index is 1.48. The number of Topliss-reactive ketones (excluding diaryl/α,β-unsaturated/α-hetero) is 1. The summed E-state index contributed by atoms with van der Waals surface area (Å²) in [5.74, 6) is 1.39. The number of para-hydroxylation sites is 2. The van der Waals surface area contributed by atoms with Gasteiger partial charge in [0.05, 0.1) is 41.1 Å². The van der Waals surface area contributed by atoms with E-state index in [-0.39, 0.29) is 24.2 Å². The van der Waals surface area contributed by atoms with E-state index in [2.05, 4.69) is 10.6 Å². The number of allylic oxidation sites excluding steroid dienone is 1. The number of nitro benzene ring substituents is 1. The molecule has 0 aromatic heterocycles. The van der Waals surface area contributed by atoms with Crippen LogP contribution in [-0.4, -0.2) is 24.6 Å². The number of benzene rings is 3. The second-order valence-corrected chi connectivity index (χ2v) is 8.96. The molecule has 0 saturated heterocycles. The van der Waals surface area contributed by atoms with Crippen molar-refractivity contribution in [2.24, 2.45) is 0 Å². The van der Waals surface area contributed by atoms with Gasteiger partial charge in [0.1, 0.15) is 5.75 Å². The molecule has 0 amide bonds. The zero-order chi connectivity index (χ0) is 24.8. The number of methoxy groups -OCH3 is 1. The summed E-state index contributed by atoms with van der Waals surface area (Å²) in [7, 11) is 1.62. The number of hydrogen-bond donors (Lipinski definition) is 2. The van der Waals surface area contributed by atoms with Crippen molar-refractivity contribution >= 4 is 22.8 Å². The molecule has 3 aliphatic rings. The van der Waals surface area contributed by atoms with Gasteiger partial charge in [-0.2, -0.15) is 0 Å². The molecule has 0 fully saturated rings. The topological polar surface area (TPSA) is 112 Å². The van der Waals surface area contributed by atoms with Crippen molar-refractivity contribution in [1.82, 2.24) is 0 Å². The second kappa shape index (κ2) is 8.60. The zero-order valence-electron chi connectivity index (χ0n) is 19.4. The van der Waals surface area contributed by atoms with E-state index in [9.17, 15) is 14.9 Å². The van der Waals surface area contributed by atoms with E-state index >= 15 is 0 Å². The van der Waals surface area contributed by atoms with Crippen LogP contribution in [0.1, 0.15) is 35.9 Å². The van der Waals surface area contributed by atoms with Crippen molar-refractivity contribution < 1.29 is 23.9 Å². The number of hydrogen-bond acceptors (Lipinski definition) is 8. The summed E-state index contributed by atoms with van der Waals surface area (Å²) in [6.07, 6.45) is 0.873. The SMILES string of the molecule is COc1ccc(C2CC(=O)C3=C(C2)Nc2ccccc2NC3c2cc3c(cc2[N+](=O)[O-])OCO3)cc1. The number of ketones is 1. The number of nitro groups is 1. The molecule has 2 atom stereocenters. The Morgan fingerprint density at radius 3 is 2.44 bits per heavy atom. The Kier molecular flexibility index (Phi) is 5.25. The summed E-state index contributed by atoms with van der Waals surface area (Å²) in [6.45, 7) is -0.00512. The van der Waals surface area contributed by atoms with Gasteiger partial charge in [-0.25, -0.2) is 0 Å². The van der Waals surface area contributed by atoms with Crippen molar-refractivity contribution in [1.29, 1.82) is 0 Å². The number of rotatable bonds is 4. The summed E-state index contributed by atoms with van der Waals surface area (Å²) in [4.78, 5) is 25.4. The number of anilines is 2. The number of nitrogens with zero attached hydrogens (tertiary/aromatic N) is 1. The van der Waals surface area contributed by atoms with Crippen LogP contribution in [0.15, 0.2) is 71.9 Å². The molecule has 9 heteroatoms. The van der Waals surface area contributed by atoms with Gasteiger partial charge >= 0.3 is 0 Å². The fourth-order valence-electron chi connectivity index (χ4n) is 5.17. The Labute approximate surface area is 206 Å². The van der Waals surface area contributed by atoms with Gasteiger partial charge in [-0.15, -0.1) is 0 Å². The first-order valence-corrected chi connectivity index (χ1v) is 11.6. The molecule has 2 heterocycles. The van der Waals surface area contributed by atoms with Gasteiger partial charge in [-0.05, 0) is 48.2 Å². The van der Waals surface area contributed by atoms with Gasteiger partial charge in [0, 0.05) is 17.7 Å². The Hall–Kier alpha value is -4.53. The average molecular weight is 485 g/mol. The molecular formula is C27H23N3O6. The van der Waals surface area contributed by atoms with Gasteiger partial charge in [0.25, 0.3) is 5.69 Å². The maximum Gasteiger partial charge on any atom is 0.279 e. The lowest BCUT2D eigenvalue weighted by Gasteiger charge is -2.30. The van der Waals surface area contributed by atoms with Gasteiger partial charge in [-0.1, -0.05) is 24.3 Å². The maximum atomic E-state index is 13.7. The third-order valence-electron chi connectivity index (χ3n) is 6.93. The lowest BCUT2D eigenvalue weighted by atomic mass is 9.78. The summed E-state index contributed by atoms with van der Waals surface area (Å²) >= 11 is 0. The first kappa shape index (κ1) is 22.0. The van der Waals surface area contributed by atoms with E-state index in [1.54, 1.807) is 13.2 Å². The van der Waals surface area contributed by atoms with Crippen LogP contribution in [0.2, 0.25) is 0 Å². The minimum atomic E-state index is -0.740. The molecule has 2 aliphatic heterocycles. The summed E-state index contributed by atoms with van der Waals surface area (Å²) in [6, 6.07) is 17.6. The van der Waals surface area contributed by atoms with Crippen molar-refractivity contribution in [3.05, 3.63) is 93.2 Å². The number of fused-ring (bicyclic) bond motifs is 2. The van der Waals surface area contributed by atoms with E-state index in [0.29, 0.717) is 35.5 Å². The first-order chi connectivity index (χ1) is 17.5. The first-order valence-electron chi connectivity index (χ1n) is 11.6. The number of nitrogens with one attached hydrogen (secondary N) is 2. The quantitative estimate of drug-likeness (QED) is 0.378. The van der Waals surface area contributed by atoms with Crippen LogP contribution in [0.3, 0.4) is 0 Å². The highest BCUT2D eigenvalue weighted by molar-refractivity contribution is 6.01. The normalized spacial score (nSPS) is 20.0. The van der Waals surface area contributed by atoms with Crippen LogP contribution in [0, 0.1) is 10.1 Å². The van der Waals surface area contributed by atoms with Gasteiger partial charge in [-0.3, -0.25) is 14.9 Å². The van der Waals surface area contributed by atoms with Crippen molar-refractivity contribution in [2.75, 3.05) is 24.5 Å². The highest BCUT2D eigenvalue weighted by Crippen LogP contribution is 2.48. The fourth-order valence-corrected chi connectivity index (χ4v) is 5.17. The molecule has 182 valence electrons. The molecule has 0 spiro atoms. The van der Waals surface area contributed by atoms with Crippen LogP contribution in [0.4, 0.5) is 17.1 Å². The predicted octanol–water partition coefficient (Wildman–Crippen LogP) is 5.31. The molecule has 3 aromatic rings. The zero-order valence-corrected chi connectivity index (χ0v) is 19.4. The lowest BCUT2D eigenvalue weighted by molar-refractivity contribution is -0.385. The lowest BCUT2D eigenvalue weighted by Crippen LogP contribution is -2.27. The van der Waals surface area contributed by atoms with Crippen molar-refractivity contribution in [3.8, 4) is 17.2 Å². The second-order valence-electron chi connectivity index (χ2n) is 8.96. The Morgan fingerprint density at radius 1 is 1.00 bits per heavy atom. The molecule has 9 nitrogen and oxygen atoms in total. The van der Waals surface area contributed by atoms with Gasteiger partial charge in [0.2, 0.25) is 6.79 Å². The molecule has 0 radical (unpaired) electrons. The van der Waals surface area contributed by atoms with Gasteiger partial charge in [0.15, 0.2) is 17.3 Å². The summed E-state index contributed by atoms with van der Waals surface area (Å²) in [5.41, 5.74) is 4.06. The highest BCUT2D eigenvalue weighted by Gasteiger charge is 2.39. The van der Waals surface area contributed by atoms with Crippen molar-refractivity contribution in [3.63, 3.8) is 0 Å². The molecule has 6 rings (SSSR count). The minimum Gasteiger partial charge on any atom is -0.497 e. The highest BCUT2D eigenvalue weighted by atomic mass is 16.7. The molecule has 36 heavy (non-hydrogen) atoms. The smallest absolute Gasteiger partial charge is 0.279 e. The van der Waals surface area contributed by atoms with Crippen molar-refractivity contribution in [2.45, 2.75) is 24.8 Å². The van der Waals surface area contributed by atoms with Crippen LogP contribution in [0.25, 0.3) is 0 Å². The number of carbonyl (C=O) groups excluding carboxylic acids is 1. The number of ether oxygens (including phenoxy) is 3. The predicted molar refractivity (Wildman–Crippen MR) is 133 cm³/mol. The Morgan fingerprint density at radius 2 is 1.72 bits per heavy atom. The molecule has 2 unspecified atom stereocenters. The average Bonchev–Trinajstić information content (AvgIpc) is 3.28. The summed E-state index contributed by atoms with van der Waals surface area (Å²) < 4.78 is 16.2. The molecular weight excluding hydrogens is 462 g/mol. The largest absolute Gasteiger partial charge is 0.497 e. The maximum absolute atomic E-state index is 13.7. The number of carbonyl (C=O) groups is 1. The monoisotopic (exact) mass is 485 g/mol. The van der Waals surface area contributed by atoms with Crippen LogP contribution < -0.4 is 24.8 Å². The molecule has 0 bridgehead atoms. The van der Waals surface area contributed by atoms with Crippen LogP contribution >= 0.6 is 0 Å². The standard InChI is InChI=1S/C27H23N3O6/c1-34-17-8-6-15(7-9-17)16-10-21-26(23(31)11-16)27(29-20-5-3-2-4-19(20)28-21)18-12-24-25(36-14-35-24)13-22(18)30(32)33/h2-9,12-13,16,27-29H,10-11,14H2,1H3. The molecule has 2 N–H and O–H groups in total. The van der Waals surface area contributed by atoms with Crippen LogP contribution in [0.5, 0.6) is 17.2 Å². The fraction of sp³-hybridized carbons (Fsp3) is 0.222.